The summed E-state index contributed by atoms with van der Waals surface area (Å²) in [6.07, 6.45) is 2.93. The molecule has 2 aliphatic rings. The maximum absolute atomic E-state index is 13.8. The van der Waals surface area contributed by atoms with Gasteiger partial charge in [0.1, 0.15) is 0 Å². The van der Waals surface area contributed by atoms with Crippen LogP contribution in [0, 0.1) is 26.7 Å². The Morgan fingerprint density at radius 3 is 2.47 bits per heavy atom. The molecule has 1 amide bonds. The summed E-state index contributed by atoms with van der Waals surface area (Å²) in [6.45, 7) is 7.94. The van der Waals surface area contributed by atoms with Crippen LogP contribution in [0.25, 0.3) is 10.2 Å². The van der Waals surface area contributed by atoms with E-state index in [1.807, 2.05) is 24.0 Å². The molecule has 2 fully saturated rings. The molecular weight excluding hydrogens is 494 g/mol. The molecule has 3 heterocycles. The van der Waals surface area contributed by atoms with E-state index in [0.29, 0.717) is 42.5 Å². The molecule has 1 atom stereocenters. The number of sulfonamides is 1. The van der Waals surface area contributed by atoms with Crippen LogP contribution in [0.1, 0.15) is 42.4 Å². The van der Waals surface area contributed by atoms with Crippen LogP contribution < -0.4 is 4.90 Å². The maximum atomic E-state index is 13.8. The number of piperidine rings is 1. The Morgan fingerprint density at radius 1 is 1.08 bits per heavy atom. The standard InChI is InChI=1S/C27H33N3O4S2/c1-18-6-9-23(10-7-18)36(32,33)29-14-12-21(13-15-29)26(31)30(17-22-5-4-16-34-22)27-28-25-20(3)19(2)8-11-24(25)35-27/h6-11,21-22H,4-5,12-17H2,1-3H3. The van der Waals surface area contributed by atoms with E-state index in [2.05, 4.69) is 26.0 Å². The first-order valence-electron chi connectivity index (χ1n) is 12.6. The highest BCUT2D eigenvalue weighted by Crippen LogP contribution is 2.35. The number of fused-ring (bicyclic) bond motifs is 1. The number of carbonyl (C=O) groups excluding carboxylic acids is 1. The van der Waals surface area contributed by atoms with Gasteiger partial charge in [-0.25, -0.2) is 13.4 Å². The number of aryl methyl sites for hydroxylation is 3. The zero-order valence-electron chi connectivity index (χ0n) is 21.1. The van der Waals surface area contributed by atoms with Crippen molar-refractivity contribution in [3.63, 3.8) is 0 Å². The Kier molecular flexibility index (Phi) is 7.18. The van der Waals surface area contributed by atoms with E-state index >= 15 is 0 Å². The first-order valence-corrected chi connectivity index (χ1v) is 14.9. The Hall–Kier alpha value is -2.33. The third-order valence-corrected chi connectivity index (χ3v) is 10.4. The smallest absolute Gasteiger partial charge is 0.243 e. The second kappa shape index (κ2) is 10.2. The van der Waals surface area contributed by atoms with E-state index in [0.717, 1.165) is 40.8 Å². The molecule has 0 spiro atoms. The van der Waals surface area contributed by atoms with E-state index in [1.54, 1.807) is 12.1 Å². The summed E-state index contributed by atoms with van der Waals surface area (Å²) in [5.41, 5.74) is 4.27. The van der Waals surface area contributed by atoms with Crippen molar-refractivity contribution < 1.29 is 17.9 Å². The molecule has 2 aromatic carbocycles. The van der Waals surface area contributed by atoms with Crippen molar-refractivity contribution in [3.05, 3.63) is 53.1 Å². The third-order valence-electron chi connectivity index (χ3n) is 7.44. The molecule has 0 radical (unpaired) electrons. The SMILES string of the molecule is Cc1ccc(S(=O)(=O)N2CCC(C(=O)N(CC3CCCO3)c3nc4c(C)c(C)ccc4s3)CC2)cc1. The largest absolute Gasteiger partial charge is 0.376 e. The van der Waals surface area contributed by atoms with Crippen molar-refractivity contribution >= 4 is 42.6 Å². The van der Waals surface area contributed by atoms with Crippen LogP contribution in [0.3, 0.4) is 0 Å². The van der Waals surface area contributed by atoms with Crippen molar-refractivity contribution in [3.8, 4) is 0 Å². The van der Waals surface area contributed by atoms with Crippen molar-refractivity contribution in [2.45, 2.75) is 57.5 Å². The number of rotatable bonds is 6. The Morgan fingerprint density at radius 2 is 1.81 bits per heavy atom. The molecule has 0 bridgehead atoms. The van der Waals surface area contributed by atoms with Gasteiger partial charge in [0.15, 0.2) is 5.13 Å². The van der Waals surface area contributed by atoms with Gasteiger partial charge in [0, 0.05) is 25.6 Å². The van der Waals surface area contributed by atoms with Gasteiger partial charge in [-0.3, -0.25) is 9.69 Å². The molecule has 0 aliphatic carbocycles. The quantitative estimate of drug-likeness (QED) is 0.459. The molecule has 7 nitrogen and oxygen atoms in total. The van der Waals surface area contributed by atoms with E-state index in [-0.39, 0.29) is 17.9 Å². The van der Waals surface area contributed by atoms with Gasteiger partial charge in [-0.05, 0) is 75.8 Å². The number of benzene rings is 2. The second-order valence-electron chi connectivity index (χ2n) is 9.93. The molecular formula is C27H33N3O4S2. The first-order chi connectivity index (χ1) is 17.2. The Bertz CT molecular complexity index is 1350. The van der Waals surface area contributed by atoms with Gasteiger partial charge in [-0.15, -0.1) is 0 Å². The summed E-state index contributed by atoms with van der Waals surface area (Å²) in [7, 11) is -3.57. The average molecular weight is 528 g/mol. The molecule has 2 aliphatic heterocycles. The monoisotopic (exact) mass is 527 g/mol. The molecule has 5 rings (SSSR count). The predicted octanol–water partition coefficient (Wildman–Crippen LogP) is 4.83. The van der Waals surface area contributed by atoms with Crippen LogP contribution in [-0.2, 0) is 19.6 Å². The molecule has 9 heteroatoms. The molecule has 0 N–H and O–H groups in total. The molecule has 1 aromatic heterocycles. The van der Waals surface area contributed by atoms with Gasteiger partial charge >= 0.3 is 0 Å². The van der Waals surface area contributed by atoms with Crippen LogP contribution >= 0.6 is 11.3 Å². The number of anilines is 1. The summed E-state index contributed by atoms with van der Waals surface area (Å²) in [5, 5.41) is 0.703. The third kappa shape index (κ3) is 4.94. The van der Waals surface area contributed by atoms with Crippen molar-refractivity contribution in [2.75, 3.05) is 31.1 Å². The van der Waals surface area contributed by atoms with E-state index in [1.165, 1.54) is 21.2 Å². The highest BCUT2D eigenvalue weighted by molar-refractivity contribution is 7.89. The number of hydrogen-bond donors (Lipinski definition) is 0. The average Bonchev–Trinajstić information content (AvgIpc) is 3.55. The van der Waals surface area contributed by atoms with Crippen molar-refractivity contribution in [1.29, 1.82) is 0 Å². The lowest BCUT2D eigenvalue weighted by molar-refractivity contribution is -0.123. The van der Waals surface area contributed by atoms with E-state index < -0.39 is 10.0 Å². The second-order valence-corrected chi connectivity index (χ2v) is 12.9. The summed E-state index contributed by atoms with van der Waals surface area (Å²) < 4.78 is 34.7. The minimum Gasteiger partial charge on any atom is -0.376 e. The fourth-order valence-corrected chi connectivity index (χ4v) is 7.52. The molecule has 0 saturated carbocycles. The molecule has 36 heavy (non-hydrogen) atoms. The maximum Gasteiger partial charge on any atom is 0.243 e. The summed E-state index contributed by atoms with van der Waals surface area (Å²) in [5.74, 6) is -0.225. The van der Waals surface area contributed by atoms with Crippen LogP contribution in [0.5, 0.6) is 0 Å². The molecule has 1 unspecified atom stereocenters. The van der Waals surface area contributed by atoms with Crippen LogP contribution in [0.15, 0.2) is 41.3 Å². The number of nitrogens with zero attached hydrogens (tertiary/aromatic N) is 3. The normalized spacial score (nSPS) is 19.7. The van der Waals surface area contributed by atoms with E-state index in [9.17, 15) is 13.2 Å². The highest BCUT2D eigenvalue weighted by Gasteiger charge is 2.36. The van der Waals surface area contributed by atoms with Gasteiger partial charge in [0.05, 0.1) is 27.8 Å². The van der Waals surface area contributed by atoms with Gasteiger partial charge in [-0.1, -0.05) is 35.1 Å². The number of aromatic nitrogens is 1. The molecule has 192 valence electrons. The Labute approximate surface area is 217 Å². The zero-order chi connectivity index (χ0) is 25.4. The van der Waals surface area contributed by atoms with Crippen LogP contribution in [-0.4, -0.2) is 56.0 Å². The number of amides is 1. The van der Waals surface area contributed by atoms with Crippen molar-refractivity contribution in [1.82, 2.24) is 9.29 Å². The first kappa shape index (κ1) is 25.3. The van der Waals surface area contributed by atoms with Crippen molar-refractivity contribution in [2.24, 2.45) is 5.92 Å². The zero-order valence-corrected chi connectivity index (χ0v) is 22.7. The summed E-state index contributed by atoms with van der Waals surface area (Å²) in [4.78, 5) is 20.9. The minimum absolute atomic E-state index is 0.00537. The number of ether oxygens (including phenoxy) is 1. The lowest BCUT2D eigenvalue weighted by Crippen LogP contribution is -2.46. The number of hydrogen-bond acceptors (Lipinski definition) is 6. The lowest BCUT2D eigenvalue weighted by atomic mass is 9.96. The predicted molar refractivity (Wildman–Crippen MR) is 143 cm³/mol. The van der Waals surface area contributed by atoms with Gasteiger partial charge in [-0.2, -0.15) is 4.31 Å². The fourth-order valence-electron chi connectivity index (χ4n) is 5.01. The number of thiazole rings is 1. The van der Waals surface area contributed by atoms with Gasteiger partial charge < -0.3 is 4.74 Å². The fraction of sp³-hybridized carbons (Fsp3) is 0.481. The van der Waals surface area contributed by atoms with Crippen LogP contribution in [0.4, 0.5) is 5.13 Å². The van der Waals surface area contributed by atoms with E-state index in [4.69, 9.17) is 9.72 Å². The molecule has 2 saturated heterocycles. The van der Waals surface area contributed by atoms with Crippen LogP contribution in [0.2, 0.25) is 0 Å². The Balaban J connectivity index is 1.35. The minimum atomic E-state index is -3.57. The summed E-state index contributed by atoms with van der Waals surface area (Å²) >= 11 is 1.54. The van der Waals surface area contributed by atoms with Gasteiger partial charge in [0.2, 0.25) is 15.9 Å². The lowest BCUT2D eigenvalue weighted by Gasteiger charge is -2.33. The highest BCUT2D eigenvalue weighted by atomic mass is 32.2. The summed E-state index contributed by atoms with van der Waals surface area (Å²) in [6, 6.07) is 11.1. The number of carbonyl (C=O) groups is 1. The van der Waals surface area contributed by atoms with Gasteiger partial charge in [0.25, 0.3) is 0 Å². The molecule has 3 aromatic rings. The topological polar surface area (TPSA) is 79.8 Å².